The predicted molar refractivity (Wildman–Crippen MR) is 66.6 cm³/mol. The number of aliphatic hydroxyl groups is 1. The SMILES string of the molecule is Cc1cc(C(=O)NC[C@@](C)(O)Cc2ccco2)no1. The van der Waals surface area contributed by atoms with Gasteiger partial charge in [-0.25, -0.2) is 0 Å². The second-order valence-electron chi connectivity index (χ2n) is 4.76. The van der Waals surface area contributed by atoms with Crippen LogP contribution in [0.25, 0.3) is 0 Å². The topological polar surface area (TPSA) is 88.5 Å². The number of hydrogen-bond donors (Lipinski definition) is 2. The van der Waals surface area contributed by atoms with Crippen LogP contribution in [0.3, 0.4) is 0 Å². The Morgan fingerprint density at radius 1 is 1.58 bits per heavy atom. The zero-order chi connectivity index (χ0) is 13.9. The van der Waals surface area contributed by atoms with E-state index in [-0.39, 0.29) is 18.1 Å². The van der Waals surface area contributed by atoms with Crippen molar-refractivity contribution >= 4 is 5.91 Å². The van der Waals surface area contributed by atoms with Crippen molar-refractivity contribution in [2.24, 2.45) is 0 Å². The Labute approximate surface area is 110 Å². The molecule has 1 atom stereocenters. The number of rotatable bonds is 5. The van der Waals surface area contributed by atoms with E-state index in [4.69, 9.17) is 8.94 Å². The number of amides is 1. The van der Waals surface area contributed by atoms with Gasteiger partial charge in [0.1, 0.15) is 11.5 Å². The molecule has 0 aromatic carbocycles. The number of hydrogen-bond acceptors (Lipinski definition) is 5. The minimum Gasteiger partial charge on any atom is -0.469 e. The van der Waals surface area contributed by atoms with Crippen LogP contribution in [0.15, 0.2) is 33.4 Å². The summed E-state index contributed by atoms with van der Waals surface area (Å²) in [6, 6.07) is 5.07. The lowest BCUT2D eigenvalue weighted by molar-refractivity contribution is 0.0508. The Balaban J connectivity index is 1.88. The summed E-state index contributed by atoms with van der Waals surface area (Å²) < 4.78 is 9.98. The van der Waals surface area contributed by atoms with E-state index in [0.29, 0.717) is 17.9 Å². The molecule has 2 rings (SSSR count). The highest BCUT2D eigenvalue weighted by Crippen LogP contribution is 2.13. The minimum absolute atomic E-state index is 0.0957. The van der Waals surface area contributed by atoms with Crippen molar-refractivity contribution in [1.29, 1.82) is 0 Å². The molecule has 0 fully saturated rings. The standard InChI is InChI=1S/C13H16N2O4/c1-9-6-11(15-19-9)12(16)14-8-13(2,17)7-10-4-3-5-18-10/h3-6,17H,7-8H2,1-2H3,(H,14,16)/t13-/m0/s1. The van der Waals surface area contributed by atoms with Crippen LogP contribution in [0, 0.1) is 6.92 Å². The van der Waals surface area contributed by atoms with Gasteiger partial charge in [0.2, 0.25) is 0 Å². The molecule has 0 unspecified atom stereocenters. The maximum atomic E-state index is 11.7. The van der Waals surface area contributed by atoms with Gasteiger partial charge in [-0.3, -0.25) is 4.79 Å². The second-order valence-corrected chi connectivity index (χ2v) is 4.76. The van der Waals surface area contributed by atoms with E-state index in [9.17, 15) is 9.90 Å². The molecule has 2 aromatic heterocycles. The molecule has 0 bridgehead atoms. The van der Waals surface area contributed by atoms with E-state index in [1.54, 1.807) is 32.2 Å². The first kappa shape index (κ1) is 13.4. The molecule has 0 aliphatic rings. The summed E-state index contributed by atoms with van der Waals surface area (Å²) in [5.74, 6) is 0.848. The third-order valence-corrected chi connectivity index (χ3v) is 2.63. The van der Waals surface area contributed by atoms with Gasteiger partial charge < -0.3 is 19.4 Å². The number of nitrogens with zero attached hydrogens (tertiary/aromatic N) is 1. The molecular weight excluding hydrogens is 248 g/mol. The number of furan rings is 1. The van der Waals surface area contributed by atoms with Crippen LogP contribution in [-0.4, -0.2) is 28.3 Å². The highest BCUT2D eigenvalue weighted by atomic mass is 16.5. The highest BCUT2D eigenvalue weighted by Gasteiger charge is 2.24. The van der Waals surface area contributed by atoms with Crippen LogP contribution in [-0.2, 0) is 6.42 Å². The van der Waals surface area contributed by atoms with Crippen molar-refractivity contribution in [1.82, 2.24) is 10.5 Å². The molecule has 2 aromatic rings. The van der Waals surface area contributed by atoms with Crippen molar-refractivity contribution in [2.45, 2.75) is 25.9 Å². The summed E-state index contributed by atoms with van der Waals surface area (Å²) in [6.07, 6.45) is 1.86. The number of nitrogens with one attached hydrogen (secondary N) is 1. The Morgan fingerprint density at radius 3 is 2.95 bits per heavy atom. The van der Waals surface area contributed by atoms with Crippen LogP contribution in [0.1, 0.15) is 28.9 Å². The molecule has 102 valence electrons. The zero-order valence-electron chi connectivity index (χ0n) is 10.8. The summed E-state index contributed by atoms with van der Waals surface area (Å²) in [5, 5.41) is 16.4. The van der Waals surface area contributed by atoms with Crippen molar-refractivity contribution < 1.29 is 18.8 Å². The van der Waals surface area contributed by atoms with Gasteiger partial charge in [0.05, 0.1) is 11.9 Å². The molecule has 19 heavy (non-hydrogen) atoms. The van der Waals surface area contributed by atoms with Crippen LogP contribution < -0.4 is 5.32 Å². The fourth-order valence-corrected chi connectivity index (χ4v) is 1.69. The normalized spacial score (nSPS) is 14.1. The molecule has 0 radical (unpaired) electrons. The molecule has 2 heterocycles. The molecule has 0 saturated carbocycles. The van der Waals surface area contributed by atoms with Crippen LogP contribution in [0.2, 0.25) is 0 Å². The molecule has 2 N–H and O–H groups in total. The van der Waals surface area contributed by atoms with E-state index in [1.807, 2.05) is 0 Å². The van der Waals surface area contributed by atoms with Gasteiger partial charge in [0.25, 0.3) is 5.91 Å². The molecule has 0 saturated heterocycles. The second kappa shape index (κ2) is 5.27. The number of aryl methyl sites for hydroxylation is 1. The Hall–Kier alpha value is -2.08. The van der Waals surface area contributed by atoms with Crippen LogP contribution >= 0.6 is 0 Å². The summed E-state index contributed by atoms with van der Waals surface area (Å²) in [7, 11) is 0. The van der Waals surface area contributed by atoms with Gasteiger partial charge in [-0.1, -0.05) is 5.16 Å². The first-order valence-corrected chi connectivity index (χ1v) is 5.92. The fourth-order valence-electron chi connectivity index (χ4n) is 1.69. The first-order chi connectivity index (χ1) is 8.96. The third kappa shape index (κ3) is 3.69. The third-order valence-electron chi connectivity index (χ3n) is 2.63. The van der Waals surface area contributed by atoms with Gasteiger partial charge in [-0.05, 0) is 26.0 Å². The molecule has 6 heteroatoms. The van der Waals surface area contributed by atoms with Crippen molar-refractivity contribution in [2.75, 3.05) is 6.54 Å². The molecule has 0 spiro atoms. The molecule has 6 nitrogen and oxygen atoms in total. The lowest BCUT2D eigenvalue weighted by atomic mass is 10.0. The smallest absolute Gasteiger partial charge is 0.273 e. The van der Waals surface area contributed by atoms with Crippen molar-refractivity contribution in [3.05, 3.63) is 41.7 Å². The summed E-state index contributed by atoms with van der Waals surface area (Å²) >= 11 is 0. The van der Waals surface area contributed by atoms with Gasteiger partial charge in [0, 0.05) is 19.0 Å². The first-order valence-electron chi connectivity index (χ1n) is 5.92. The molecule has 0 aliphatic heterocycles. The van der Waals surface area contributed by atoms with Crippen molar-refractivity contribution in [3.63, 3.8) is 0 Å². The zero-order valence-corrected chi connectivity index (χ0v) is 10.8. The maximum Gasteiger partial charge on any atom is 0.273 e. The largest absolute Gasteiger partial charge is 0.469 e. The number of aromatic nitrogens is 1. The minimum atomic E-state index is -1.09. The number of carbonyl (C=O) groups excluding carboxylic acids is 1. The van der Waals surface area contributed by atoms with Gasteiger partial charge in [0.15, 0.2) is 5.69 Å². The molecule has 1 amide bonds. The monoisotopic (exact) mass is 264 g/mol. The Bertz CT molecular complexity index is 543. The van der Waals surface area contributed by atoms with Gasteiger partial charge in [-0.2, -0.15) is 0 Å². The maximum absolute atomic E-state index is 11.7. The highest BCUT2D eigenvalue weighted by molar-refractivity contribution is 5.92. The van der Waals surface area contributed by atoms with E-state index in [0.717, 1.165) is 0 Å². The molecular formula is C13H16N2O4. The summed E-state index contributed by atoms with van der Waals surface area (Å²) in [5.41, 5.74) is -0.891. The van der Waals surface area contributed by atoms with Crippen LogP contribution in [0.4, 0.5) is 0 Å². The average Bonchev–Trinajstić information content (AvgIpc) is 2.97. The quantitative estimate of drug-likeness (QED) is 0.849. The fraction of sp³-hybridized carbons (Fsp3) is 0.385. The van der Waals surface area contributed by atoms with Gasteiger partial charge >= 0.3 is 0 Å². The Kier molecular flexibility index (Phi) is 3.71. The summed E-state index contributed by atoms with van der Waals surface area (Å²) in [4.78, 5) is 11.7. The van der Waals surface area contributed by atoms with Crippen LogP contribution in [0.5, 0.6) is 0 Å². The van der Waals surface area contributed by atoms with E-state index in [1.165, 1.54) is 6.07 Å². The van der Waals surface area contributed by atoms with E-state index < -0.39 is 5.60 Å². The molecule has 0 aliphatic carbocycles. The van der Waals surface area contributed by atoms with Crippen molar-refractivity contribution in [3.8, 4) is 0 Å². The lowest BCUT2D eigenvalue weighted by Crippen LogP contribution is -2.42. The predicted octanol–water partition coefficient (Wildman–Crippen LogP) is 1.30. The van der Waals surface area contributed by atoms with Gasteiger partial charge in [-0.15, -0.1) is 0 Å². The summed E-state index contributed by atoms with van der Waals surface area (Å²) in [6.45, 7) is 3.43. The average molecular weight is 264 g/mol. The lowest BCUT2D eigenvalue weighted by Gasteiger charge is -2.22. The van der Waals surface area contributed by atoms with E-state index >= 15 is 0 Å². The number of carbonyl (C=O) groups is 1. The Morgan fingerprint density at radius 2 is 2.37 bits per heavy atom. The van der Waals surface area contributed by atoms with E-state index in [2.05, 4.69) is 10.5 Å².